The lowest BCUT2D eigenvalue weighted by molar-refractivity contribution is -0.121. The Morgan fingerprint density at radius 3 is 0.648 bits per heavy atom. The van der Waals surface area contributed by atoms with Crippen LogP contribution in [-0.4, -0.2) is 115 Å². The molecule has 0 saturated heterocycles. The Morgan fingerprint density at radius 1 is 0.255 bits per heavy atom. The van der Waals surface area contributed by atoms with E-state index in [1.807, 2.05) is 57.2 Å². The van der Waals surface area contributed by atoms with E-state index in [0.29, 0.717) is 143 Å². The van der Waals surface area contributed by atoms with Gasteiger partial charge in [0.15, 0.2) is 0 Å². The first-order valence-corrected chi connectivity index (χ1v) is 57.1. The van der Waals surface area contributed by atoms with Crippen LogP contribution in [0.4, 0.5) is 68.2 Å². The largest absolute Gasteiger partial charge is 0.492 e. The average molecular weight is 2000 g/mol. The van der Waals surface area contributed by atoms with Crippen molar-refractivity contribution in [3.05, 3.63) is 126 Å². The molecule has 24 heteroatoms. The summed E-state index contributed by atoms with van der Waals surface area (Å²) in [5, 5.41) is 38.7. The first kappa shape index (κ1) is 123. The van der Waals surface area contributed by atoms with Crippen molar-refractivity contribution in [2.45, 2.75) is 377 Å². The van der Waals surface area contributed by atoms with Gasteiger partial charge in [-0.2, -0.15) is 15.3 Å². The number of rotatable bonds is 78. The number of benzene rings is 6. The van der Waals surface area contributed by atoms with Gasteiger partial charge in [-0.15, -0.1) is 15.3 Å². The Bertz CT molecular complexity index is 4250. The van der Waals surface area contributed by atoms with Gasteiger partial charge in [-0.3, -0.25) is 14.4 Å². The highest BCUT2D eigenvalue weighted by atomic mass is 16.6. The summed E-state index contributed by atoms with van der Waals surface area (Å²) in [5.74, 6) is 0.954. The van der Waals surface area contributed by atoms with Gasteiger partial charge >= 0.3 is 17.9 Å². The minimum atomic E-state index is -0.877. The molecule has 145 heavy (non-hydrogen) atoms. The van der Waals surface area contributed by atoms with Crippen LogP contribution in [0.1, 0.15) is 408 Å². The fourth-order valence-corrected chi connectivity index (χ4v) is 18.9. The van der Waals surface area contributed by atoms with E-state index >= 15 is 0 Å². The van der Waals surface area contributed by atoms with Crippen LogP contribution in [0.3, 0.4) is 0 Å². The Hall–Kier alpha value is -10.3. The minimum Gasteiger partial charge on any atom is -0.492 e. The normalized spacial score (nSPS) is 13.7. The molecular weight excluding hydrogens is 1810 g/mol. The summed E-state index contributed by atoms with van der Waals surface area (Å²) in [4.78, 5) is 93.9. The van der Waals surface area contributed by atoms with E-state index < -0.39 is 23.8 Å². The number of anilines is 6. The van der Waals surface area contributed by atoms with Crippen molar-refractivity contribution < 1.29 is 57.2 Å². The number of carbonyl (C=O) groups is 6. The quantitative estimate of drug-likeness (QED) is 0.0182. The maximum atomic E-state index is 14.4. The molecule has 0 heterocycles. The molecule has 3 N–H and O–H groups in total. The maximum absolute atomic E-state index is 14.4. The van der Waals surface area contributed by atoms with Gasteiger partial charge in [0.05, 0.1) is 93.6 Å². The monoisotopic (exact) mass is 2000 g/mol. The second-order valence-electron chi connectivity index (χ2n) is 40.1. The number of azo groups is 3. The third-order valence-corrected chi connectivity index (χ3v) is 28.8. The molecule has 0 fully saturated rings. The summed E-state index contributed by atoms with van der Waals surface area (Å²) < 4.78 is 37.8. The van der Waals surface area contributed by atoms with Crippen LogP contribution < -0.4 is 44.9 Å². The van der Waals surface area contributed by atoms with E-state index in [9.17, 15) is 28.8 Å². The summed E-state index contributed by atoms with van der Waals surface area (Å²) in [7, 11) is 0. The highest BCUT2D eigenvalue weighted by Crippen LogP contribution is 2.47. The van der Waals surface area contributed by atoms with Gasteiger partial charge in [0, 0.05) is 75.2 Å². The first-order chi connectivity index (χ1) is 70.4. The molecule has 6 aromatic rings. The zero-order chi connectivity index (χ0) is 106. The van der Waals surface area contributed by atoms with Crippen molar-refractivity contribution >= 4 is 104 Å². The molecule has 0 aliphatic heterocycles. The number of carbonyl (C=O) groups excluding carboxylic acids is 6. The molecule has 9 unspecified atom stereocenters. The van der Waals surface area contributed by atoms with Crippen molar-refractivity contribution in [2.75, 3.05) is 110 Å². The third-order valence-electron chi connectivity index (χ3n) is 28.8. The van der Waals surface area contributed by atoms with Crippen molar-refractivity contribution in [1.29, 1.82) is 0 Å². The number of nitrogens with zero attached hydrogens (tertiary/aromatic N) is 9. The lowest BCUT2D eigenvalue weighted by Gasteiger charge is -2.34. The Balaban J connectivity index is 1.39. The van der Waals surface area contributed by atoms with Gasteiger partial charge in [-0.1, -0.05) is 279 Å². The maximum Gasteiger partial charge on any atom is 0.338 e. The zero-order valence-electron chi connectivity index (χ0n) is 93.5. The summed E-state index contributed by atoms with van der Waals surface area (Å²) in [6.45, 7) is 51.0. The summed E-state index contributed by atoms with van der Waals surface area (Å²) in [6.07, 6.45) is 36.6. The molecule has 0 radical (unpaired) electrons. The van der Waals surface area contributed by atoms with Crippen LogP contribution in [0.15, 0.2) is 140 Å². The number of unbranched alkanes of at least 4 members (excludes halogenated alkanes) is 9. The fourth-order valence-electron chi connectivity index (χ4n) is 18.9. The molecule has 0 aromatic heterocycles. The molecule has 0 saturated carbocycles. The molecular formula is C121H190N12O12. The van der Waals surface area contributed by atoms with Crippen LogP contribution in [0, 0.1) is 59.2 Å². The zero-order valence-corrected chi connectivity index (χ0v) is 93.5. The Kier molecular flexibility index (Phi) is 60.7. The van der Waals surface area contributed by atoms with Crippen LogP contribution >= 0.6 is 0 Å². The molecule has 0 aliphatic rings. The SMILES string of the molecule is CCCCC(CC)CN(CC(CC)CCCC)c1cc(NC(=O)C(CC)CCCC)c(N=Nc2ccc(C(=O)OCC(COC(=O)c3ccc(N=Nc4cc(OCC)c(N(CC(CC)CCCC)CC(CC)CCCC)cc4NC(=O)C(CC)CCCC)cc3)COC(=O)c3ccc(N=Nc4cc(OCC)c(N(CC(CC)CCCC)CC(CC)CCCC)cc4NC(=O)C(CC)CCCC)cc3)cc2)cc1OCC. The Morgan fingerprint density at radius 2 is 0.462 bits per heavy atom. The van der Waals surface area contributed by atoms with E-state index in [-0.39, 0.29) is 72.0 Å². The Labute approximate surface area is 875 Å². The number of hydrogen-bond acceptors (Lipinski definition) is 21. The first-order valence-electron chi connectivity index (χ1n) is 57.1. The average Bonchev–Trinajstić information content (AvgIpc) is 0.803. The van der Waals surface area contributed by atoms with Gasteiger partial charge in [-0.05, 0) is 224 Å². The second-order valence-corrected chi connectivity index (χ2v) is 40.1. The summed E-state index contributed by atoms with van der Waals surface area (Å²) in [6, 6.07) is 31.4. The topological polar surface area (TPSA) is 278 Å². The van der Waals surface area contributed by atoms with E-state index in [4.69, 9.17) is 59.1 Å². The van der Waals surface area contributed by atoms with Gasteiger partial charge in [0.25, 0.3) is 0 Å². The summed E-state index contributed by atoms with van der Waals surface area (Å²) >= 11 is 0. The third kappa shape index (κ3) is 42.9. The number of amides is 3. The molecule has 3 amide bonds. The van der Waals surface area contributed by atoms with Crippen LogP contribution in [0.25, 0.3) is 0 Å². The summed E-state index contributed by atoms with van der Waals surface area (Å²) in [5.41, 5.74) is 7.50. The molecule has 6 rings (SSSR count). The molecule has 9 atom stereocenters. The lowest BCUT2D eigenvalue weighted by atomic mass is 9.95. The fraction of sp³-hybridized carbons (Fsp3) is 0.653. The lowest BCUT2D eigenvalue weighted by Crippen LogP contribution is -2.34. The number of ether oxygens (including phenoxy) is 6. The molecule has 0 aliphatic carbocycles. The van der Waals surface area contributed by atoms with Crippen LogP contribution in [0.5, 0.6) is 17.2 Å². The van der Waals surface area contributed by atoms with Crippen molar-refractivity contribution in [1.82, 2.24) is 0 Å². The molecule has 806 valence electrons. The number of hydrogen-bond donors (Lipinski definition) is 3. The molecule has 0 spiro atoms. The van der Waals surface area contributed by atoms with E-state index in [1.54, 1.807) is 72.8 Å². The highest BCUT2D eigenvalue weighted by Gasteiger charge is 2.32. The predicted octanol–water partition coefficient (Wildman–Crippen LogP) is 34.8. The molecule has 0 bridgehead atoms. The highest BCUT2D eigenvalue weighted by molar-refractivity contribution is 5.99. The van der Waals surface area contributed by atoms with Gasteiger partial charge in [0.2, 0.25) is 17.7 Å². The number of nitrogens with one attached hydrogen (secondary N) is 3. The second kappa shape index (κ2) is 71.3. The minimum absolute atomic E-state index is 0.0701. The van der Waals surface area contributed by atoms with E-state index in [0.717, 1.165) is 268 Å². The van der Waals surface area contributed by atoms with Crippen molar-refractivity contribution in [3.63, 3.8) is 0 Å². The van der Waals surface area contributed by atoms with Crippen molar-refractivity contribution in [3.8, 4) is 17.2 Å². The van der Waals surface area contributed by atoms with Gasteiger partial charge in [-0.25, -0.2) is 14.4 Å². The van der Waals surface area contributed by atoms with Crippen molar-refractivity contribution in [2.24, 2.45) is 89.9 Å². The predicted molar refractivity (Wildman–Crippen MR) is 601 cm³/mol. The van der Waals surface area contributed by atoms with Crippen LogP contribution in [-0.2, 0) is 28.6 Å². The van der Waals surface area contributed by atoms with Gasteiger partial charge in [0.1, 0.15) is 54.1 Å². The smallest absolute Gasteiger partial charge is 0.338 e. The molecule has 6 aromatic carbocycles. The van der Waals surface area contributed by atoms with E-state index in [1.165, 1.54) is 0 Å². The van der Waals surface area contributed by atoms with Gasteiger partial charge < -0.3 is 59.1 Å². The molecule has 24 nitrogen and oxygen atoms in total. The van der Waals surface area contributed by atoms with Crippen LogP contribution in [0.2, 0.25) is 0 Å². The standard InChI is InChI=1S/C121H190N12O12/c1-22-43-52-88(31-10)79-131(80-89(32-11)53-44-23-2)110-73-104(122-116(134)95(37-16)58-49-28-7)107(76-113(110)140-40-19)128-125-101-67-61-98(62-68-101)119(137)143-85-94(86-144-120(138)99-63-69-102(70-64-99)126-129-108-77-114(141-41-20)111(74-105(108)123-117(135)96(38-17)59-50-29-8)132(81-90(33-12)54-45-24-3)82-91(34-13)55-46-25-4)87-145-121(139)100-65-71-103(72-66-100)127-130-109-78-115(142-42-21)112(75-106(109)124-118(136)97(39-18)60-51-30-9)133(83-92(35-14)56-47-26-5)84-93(36-15)57-48-27-6/h61-78,88-97H,22-60,79-87H2,1-21H3,(H,122,134)(H,123,135)(H,124,136). The van der Waals surface area contributed by atoms with E-state index in [2.05, 4.69) is 155 Å². The number of esters is 3.